The molecule has 7 heteroatoms. The van der Waals surface area contributed by atoms with Gasteiger partial charge < -0.3 is 5.73 Å². The molecule has 0 aliphatic heterocycles. The van der Waals surface area contributed by atoms with Crippen LogP contribution in [-0.2, 0) is 10.2 Å². The molecule has 0 atom stereocenters. The number of nitrogens with one attached hydrogen (secondary N) is 1. The van der Waals surface area contributed by atoms with E-state index in [-0.39, 0.29) is 24.8 Å². The van der Waals surface area contributed by atoms with Gasteiger partial charge in [-0.15, -0.1) is 0 Å². The number of hydrogen-bond acceptors (Lipinski definition) is 3. The first-order chi connectivity index (χ1) is 5.75. The average Bonchev–Trinajstić information content (AvgIpc) is 1.81. The quantitative estimate of drug-likeness (QED) is 0.407. The zero-order valence-corrected chi connectivity index (χ0v) is 8.63. The Morgan fingerprint density at radius 2 is 2.00 bits per heavy atom. The molecule has 0 spiro atoms. The highest BCUT2D eigenvalue weighted by atomic mass is 32.2. The lowest BCUT2D eigenvalue weighted by Crippen LogP contribution is -2.42. The molecular weight excluding hydrogens is 192 g/mol. The van der Waals surface area contributed by atoms with Gasteiger partial charge in [0, 0.05) is 19.0 Å². The summed E-state index contributed by atoms with van der Waals surface area (Å²) >= 11 is 0. The third kappa shape index (κ3) is 4.81. The zero-order valence-electron chi connectivity index (χ0n) is 7.82. The molecule has 13 heavy (non-hydrogen) atoms. The molecule has 0 unspecified atom stereocenters. The maximum absolute atomic E-state index is 11.0. The minimum Gasteiger partial charge on any atom is -0.388 e. The van der Waals surface area contributed by atoms with Crippen LogP contribution in [0.4, 0.5) is 0 Å². The van der Waals surface area contributed by atoms with Gasteiger partial charge in [-0.3, -0.25) is 5.41 Å². The monoisotopic (exact) mass is 208 g/mol. The summed E-state index contributed by atoms with van der Waals surface area (Å²) in [5.41, 5.74) is 5.11. The first kappa shape index (κ1) is 12.3. The van der Waals surface area contributed by atoms with Gasteiger partial charge in [-0.2, -0.15) is 12.7 Å². The van der Waals surface area contributed by atoms with Crippen molar-refractivity contribution in [2.24, 2.45) is 10.9 Å². The normalized spacial score (nSPS) is 12.4. The highest BCUT2D eigenvalue weighted by molar-refractivity contribution is 7.86. The fraction of sp³-hybridized carbons (Fsp3) is 0.833. The Morgan fingerprint density at radius 1 is 1.54 bits per heavy atom. The fourth-order valence-electron chi connectivity index (χ4n) is 0.910. The molecule has 0 aliphatic rings. The van der Waals surface area contributed by atoms with E-state index in [9.17, 15) is 8.42 Å². The highest BCUT2D eigenvalue weighted by Gasteiger charge is 2.20. The standard InChI is InChI=1S/C6H16N4O2S/c1-5(2)10(13(9,11)12)4-3-6(7)8/h5H,3-4H2,1-2H3,(H3,7,8)(H2,9,11,12). The van der Waals surface area contributed by atoms with Crippen LogP contribution < -0.4 is 10.9 Å². The molecule has 0 heterocycles. The van der Waals surface area contributed by atoms with E-state index in [4.69, 9.17) is 16.3 Å². The lowest BCUT2D eigenvalue weighted by atomic mass is 10.3. The Bertz CT molecular complexity index is 272. The Labute approximate surface area is 78.6 Å². The summed E-state index contributed by atoms with van der Waals surface area (Å²) in [5, 5.41) is 11.9. The molecule has 78 valence electrons. The molecule has 0 rings (SSSR count). The molecule has 0 aromatic carbocycles. The predicted molar refractivity (Wildman–Crippen MR) is 51.5 cm³/mol. The molecule has 0 aromatic rings. The minimum absolute atomic E-state index is 0.0469. The van der Waals surface area contributed by atoms with Crippen LogP contribution in [0, 0.1) is 5.41 Å². The molecule has 0 aromatic heterocycles. The first-order valence-electron chi connectivity index (χ1n) is 3.87. The number of rotatable bonds is 5. The van der Waals surface area contributed by atoms with E-state index >= 15 is 0 Å². The van der Waals surface area contributed by atoms with Gasteiger partial charge in [0.05, 0.1) is 5.84 Å². The average molecular weight is 208 g/mol. The Hall–Kier alpha value is -0.660. The van der Waals surface area contributed by atoms with Gasteiger partial charge in [0.15, 0.2) is 0 Å². The summed E-state index contributed by atoms with van der Waals surface area (Å²) in [6, 6.07) is -0.214. The van der Waals surface area contributed by atoms with Gasteiger partial charge in [-0.05, 0) is 13.8 Å². The second-order valence-corrected chi connectivity index (χ2v) is 4.52. The lowest BCUT2D eigenvalue weighted by molar-refractivity contribution is 0.362. The van der Waals surface area contributed by atoms with E-state index in [0.29, 0.717) is 0 Å². The van der Waals surface area contributed by atoms with Crippen LogP contribution in [0.5, 0.6) is 0 Å². The second-order valence-electron chi connectivity index (χ2n) is 3.02. The number of nitrogens with two attached hydrogens (primary N) is 2. The van der Waals surface area contributed by atoms with Gasteiger partial charge >= 0.3 is 0 Å². The van der Waals surface area contributed by atoms with Crippen molar-refractivity contribution in [3.05, 3.63) is 0 Å². The maximum atomic E-state index is 11.0. The van der Waals surface area contributed by atoms with E-state index in [2.05, 4.69) is 0 Å². The van der Waals surface area contributed by atoms with Crippen LogP contribution >= 0.6 is 0 Å². The topological polar surface area (TPSA) is 113 Å². The van der Waals surface area contributed by atoms with Gasteiger partial charge in [-0.1, -0.05) is 0 Å². The Morgan fingerprint density at radius 3 is 2.23 bits per heavy atom. The van der Waals surface area contributed by atoms with E-state index in [1.807, 2.05) is 0 Å². The first-order valence-corrected chi connectivity index (χ1v) is 5.38. The lowest BCUT2D eigenvalue weighted by Gasteiger charge is -2.22. The van der Waals surface area contributed by atoms with Gasteiger partial charge in [0.1, 0.15) is 0 Å². The Kier molecular flexibility index (Phi) is 4.31. The van der Waals surface area contributed by atoms with Gasteiger partial charge in [0.2, 0.25) is 0 Å². The number of amidine groups is 1. The van der Waals surface area contributed by atoms with Crippen molar-refractivity contribution in [3.63, 3.8) is 0 Å². The summed E-state index contributed by atoms with van der Waals surface area (Å²) < 4.78 is 23.1. The SMILES string of the molecule is CC(C)N(CCC(=N)N)S(N)(=O)=O. The smallest absolute Gasteiger partial charge is 0.277 e. The van der Waals surface area contributed by atoms with Crippen LogP contribution in [0.15, 0.2) is 0 Å². The molecule has 0 saturated carbocycles. The van der Waals surface area contributed by atoms with E-state index in [1.54, 1.807) is 13.8 Å². The molecule has 0 radical (unpaired) electrons. The minimum atomic E-state index is -3.68. The summed E-state index contributed by atoms with van der Waals surface area (Å²) in [6.07, 6.45) is 0.203. The molecule has 6 nitrogen and oxygen atoms in total. The zero-order chi connectivity index (χ0) is 10.6. The molecular formula is C6H16N4O2S. The molecule has 0 aliphatic carbocycles. The largest absolute Gasteiger partial charge is 0.388 e. The number of hydrogen-bond donors (Lipinski definition) is 3. The van der Waals surface area contributed by atoms with Crippen molar-refractivity contribution >= 4 is 16.0 Å². The van der Waals surface area contributed by atoms with Crippen LogP contribution in [0.3, 0.4) is 0 Å². The summed E-state index contributed by atoms with van der Waals surface area (Å²) in [6.45, 7) is 3.58. The summed E-state index contributed by atoms with van der Waals surface area (Å²) in [5.74, 6) is -0.0469. The van der Waals surface area contributed by atoms with Crippen LogP contribution in [0.1, 0.15) is 20.3 Å². The fourth-order valence-corrected chi connectivity index (χ4v) is 1.84. The van der Waals surface area contributed by atoms with Crippen molar-refractivity contribution in [3.8, 4) is 0 Å². The molecule has 0 amide bonds. The van der Waals surface area contributed by atoms with E-state index in [1.165, 1.54) is 0 Å². The van der Waals surface area contributed by atoms with Crippen LogP contribution in [-0.4, -0.2) is 31.1 Å². The van der Waals surface area contributed by atoms with Crippen LogP contribution in [0.25, 0.3) is 0 Å². The third-order valence-electron chi connectivity index (χ3n) is 1.50. The van der Waals surface area contributed by atoms with E-state index in [0.717, 1.165) is 4.31 Å². The molecule has 5 N–H and O–H groups in total. The van der Waals surface area contributed by atoms with E-state index < -0.39 is 10.2 Å². The van der Waals surface area contributed by atoms with Crippen molar-refractivity contribution in [2.45, 2.75) is 26.3 Å². The third-order valence-corrected chi connectivity index (χ3v) is 2.76. The van der Waals surface area contributed by atoms with Crippen molar-refractivity contribution in [2.75, 3.05) is 6.54 Å². The maximum Gasteiger partial charge on any atom is 0.277 e. The van der Waals surface area contributed by atoms with Gasteiger partial charge in [-0.25, -0.2) is 5.14 Å². The summed E-state index contributed by atoms with van der Waals surface area (Å²) in [4.78, 5) is 0. The summed E-state index contributed by atoms with van der Waals surface area (Å²) in [7, 11) is -3.68. The Balaban J connectivity index is 4.38. The van der Waals surface area contributed by atoms with Crippen molar-refractivity contribution in [1.82, 2.24) is 4.31 Å². The second kappa shape index (κ2) is 4.54. The predicted octanol–water partition coefficient (Wildman–Crippen LogP) is -0.774. The number of nitrogens with zero attached hydrogens (tertiary/aromatic N) is 1. The molecule has 0 bridgehead atoms. The molecule has 0 saturated heterocycles. The van der Waals surface area contributed by atoms with Crippen LogP contribution in [0.2, 0.25) is 0 Å². The molecule has 0 fully saturated rings. The highest BCUT2D eigenvalue weighted by Crippen LogP contribution is 2.03. The van der Waals surface area contributed by atoms with Crippen molar-refractivity contribution in [1.29, 1.82) is 5.41 Å². The van der Waals surface area contributed by atoms with Crippen molar-refractivity contribution < 1.29 is 8.42 Å². The van der Waals surface area contributed by atoms with Gasteiger partial charge in [0.25, 0.3) is 10.2 Å².